The molecule has 0 radical (unpaired) electrons. The van der Waals surface area contributed by atoms with Crippen LogP contribution < -0.4 is 10.6 Å². The second kappa shape index (κ2) is 8.87. The Balaban J connectivity index is 3.07. The van der Waals surface area contributed by atoms with Gasteiger partial charge in [0.15, 0.2) is 0 Å². The van der Waals surface area contributed by atoms with Gasteiger partial charge >= 0.3 is 0 Å². The van der Waals surface area contributed by atoms with Crippen molar-refractivity contribution in [2.45, 2.75) is 25.7 Å². The van der Waals surface area contributed by atoms with E-state index < -0.39 is 0 Å². The third-order valence-electron chi connectivity index (χ3n) is 3.01. The average Bonchev–Trinajstić information content (AvgIpc) is 2.43. The van der Waals surface area contributed by atoms with Crippen LogP contribution in [0.1, 0.15) is 26.3 Å². The molecule has 1 rings (SSSR count). The number of nitrogen functional groups attached to an aromatic ring is 1. The number of thioether (sulfide) groups is 1. The first-order chi connectivity index (χ1) is 9.65. The van der Waals surface area contributed by atoms with Crippen molar-refractivity contribution < 1.29 is 4.74 Å². The molecule has 1 aromatic rings. The van der Waals surface area contributed by atoms with Crippen LogP contribution in [-0.2, 0) is 4.74 Å². The van der Waals surface area contributed by atoms with Gasteiger partial charge in [-0.15, -0.1) is 11.8 Å². The third kappa shape index (κ3) is 4.42. The zero-order valence-electron chi connectivity index (χ0n) is 12.6. The molecule has 0 unspecified atom stereocenters. The molecule has 0 bridgehead atoms. The molecule has 0 aliphatic carbocycles. The fourth-order valence-electron chi connectivity index (χ4n) is 2.10. The first kappa shape index (κ1) is 16.9. The maximum absolute atomic E-state index is 7.88. The largest absolute Gasteiger partial charge is 0.384 e. The molecule has 0 saturated carbocycles. The van der Waals surface area contributed by atoms with Crippen LogP contribution in [0.5, 0.6) is 0 Å². The van der Waals surface area contributed by atoms with Gasteiger partial charge < -0.3 is 15.4 Å². The van der Waals surface area contributed by atoms with Crippen LogP contribution >= 0.6 is 11.8 Å². The summed E-state index contributed by atoms with van der Waals surface area (Å²) in [6, 6.07) is 6.10. The lowest BCUT2D eigenvalue weighted by molar-refractivity contribution is 0.154. The number of ether oxygens (including phenoxy) is 1. The van der Waals surface area contributed by atoms with Gasteiger partial charge in [0.05, 0.1) is 12.2 Å². The van der Waals surface area contributed by atoms with Gasteiger partial charge in [-0.2, -0.15) is 0 Å². The van der Waals surface area contributed by atoms with E-state index in [4.69, 9.17) is 15.9 Å². The van der Waals surface area contributed by atoms with Crippen molar-refractivity contribution in [1.82, 2.24) is 0 Å². The normalized spacial score (nSPS) is 10.6. The van der Waals surface area contributed by atoms with Gasteiger partial charge in [-0.1, -0.05) is 13.0 Å². The SMILES string of the molecule is CCOCCN(CC)c1cccc(SCC)c1C(=N)N. The first-order valence-electron chi connectivity index (χ1n) is 7.08. The minimum atomic E-state index is 0.131. The highest BCUT2D eigenvalue weighted by molar-refractivity contribution is 7.99. The first-order valence-corrected chi connectivity index (χ1v) is 8.07. The van der Waals surface area contributed by atoms with E-state index in [0.29, 0.717) is 6.61 Å². The Kier molecular flexibility index (Phi) is 7.47. The molecule has 112 valence electrons. The molecule has 0 spiro atoms. The van der Waals surface area contributed by atoms with E-state index in [-0.39, 0.29) is 5.84 Å². The number of hydrogen-bond donors (Lipinski definition) is 2. The lowest BCUT2D eigenvalue weighted by Gasteiger charge is -2.26. The predicted molar refractivity (Wildman–Crippen MR) is 88.2 cm³/mol. The molecule has 0 saturated heterocycles. The lowest BCUT2D eigenvalue weighted by atomic mass is 10.1. The van der Waals surface area contributed by atoms with E-state index in [1.165, 1.54) is 0 Å². The number of nitrogens with two attached hydrogens (primary N) is 1. The summed E-state index contributed by atoms with van der Waals surface area (Å²) in [4.78, 5) is 3.29. The molecular weight excluding hydrogens is 270 g/mol. The quantitative estimate of drug-likeness (QED) is 0.318. The van der Waals surface area contributed by atoms with Gasteiger partial charge in [-0.05, 0) is 31.7 Å². The molecule has 1 aromatic carbocycles. The minimum absolute atomic E-state index is 0.131. The van der Waals surface area contributed by atoms with Crippen LogP contribution in [0, 0.1) is 5.41 Å². The lowest BCUT2D eigenvalue weighted by Crippen LogP contribution is -2.30. The Morgan fingerprint density at radius 3 is 2.65 bits per heavy atom. The summed E-state index contributed by atoms with van der Waals surface area (Å²) in [5, 5.41) is 7.88. The van der Waals surface area contributed by atoms with Crippen molar-refractivity contribution in [2.24, 2.45) is 5.73 Å². The molecule has 0 heterocycles. The van der Waals surface area contributed by atoms with Crippen LogP contribution in [0.15, 0.2) is 23.1 Å². The average molecular weight is 295 g/mol. The zero-order chi connectivity index (χ0) is 15.0. The maximum atomic E-state index is 7.88. The molecule has 0 atom stereocenters. The number of anilines is 1. The highest BCUT2D eigenvalue weighted by atomic mass is 32.2. The van der Waals surface area contributed by atoms with Crippen molar-refractivity contribution in [3.63, 3.8) is 0 Å². The number of amidine groups is 1. The Bertz CT molecular complexity index is 437. The van der Waals surface area contributed by atoms with Gasteiger partial charge in [-0.3, -0.25) is 5.41 Å². The Morgan fingerprint density at radius 1 is 1.35 bits per heavy atom. The number of rotatable bonds is 9. The Morgan fingerprint density at radius 2 is 2.10 bits per heavy atom. The van der Waals surface area contributed by atoms with Gasteiger partial charge in [0, 0.05) is 30.3 Å². The minimum Gasteiger partial charge on any atom is -0.384 e. The number of benzene rings is 1. The van der Waals surface area contributed by atoms with Crippen molar-refractivity contribution in [3.05, 3.63) is 23.8 Å². The second-order valence-corrected chi connectivity index (χ2v) is 5.58. The second-order valence-electron chi connectivity index (χ2n) is 4.27. The van der Waals surface area contributed by atoms with Crippen molar-refractivity contribution in [1.29, 1.82) is 5.41 Å². The molecule has 0 aliphatic rings. The molecule has 20 heavy (non-hydrogen) atoms. The van der Waals surface area contributed by atoms with E-state index in [2.05, 4.69) is 18.7 Å². The summed E-state index contributed by atoms with van der Waals surface area (Å²) in [6.45, 7) is 9.30. The number of nitrogens with one attached hydrogen (secondary N) is 1. The molecular formula is C15H25N3OS. The van der Waals surface area contributed by atoms with E-state index in [1.807, 2.05) is 25.1 Å². The molecule has 5 heteroatoms. The monoisotopic (exact) mass is 295 g/mol. The molecule has 4 nitrogen and oxygen atoms in total. The molecule has 3 N–H and O–H groups in total. The van der Waals surface area contributed by atoms with Gasteiger partial charge in [0.2, 0.25) is 0 Å². The van der Waals surface area contributed by atoms with Gasteiger partial charge in [0.25, 0.3) is 0 Å². The summed E-state index contributed by atoms with van der Waals surface area (Å²) in [5.74, 6) is 1.10. The van der Waals surface area contributed by atoms with Gasteiger partial charge in [0.1, 0.15) is 5.84 Å². The third-order valence-corrected chi connectivity index (χ3v) is 3.95. The zero-order valence-corrected chi connectivity index (χ0v) is 13.4. The van der Waals surface area contributed by atoms with E-state index in [0.717, 1.165) is 41.6 Å². The number of hydrogen-bond acceptors (Lipinski definition) is 4. The molecule has 0 aromatic heterocycles. The van der Waals surface area contributed by atoms with Crippen molar-refractivity contribution in [2.75, 3.05) is 37.0 Å². The van der Waals surface area contributed by atoms with Crippen LogP contribution in [0.25, 0.3) is 0 Å². The van der Waals surface area contributed by atoms with Gasteiger partial charge in [-0.25, -0.2) is 0 Å². The topological polar surface area (TPSA) is 62.3 Å². The van der Waals surface area contributed by atoms with Crippen LogP contribution in [0.4, 0.5) is 5.69 Å². The molecule has 0 fully saturated rings. The van der Waals surface area contributed by atoms with Crippen molar-refractivity contribution in [3.8, 4) is 0 Å². The summed E-state index contributed by atoms with van der Waals surface area (Å²) in [6.07, 6.45) is 0. The fourth-order valence-corrected chi connectivity index (χ4v) is 2.94. The standard InChI is InChI=1S/C15H25N3OS/c1-4-18(10-11-19-5-2)12-8-7-9-13(20-6-3)14(12)15(16)17/h7-9H,4-6,10-11H2,1-3H3,(H3,16,17). The van der Waals surface area contributed by atoms with Crippen molar-refractivity contribution >= 4 is 23.3 Å². The van der Waals surface area contributed by atoms with E-state index >= 15 is 0 Å². The summed E-state index contributed by atoms with van der Waals surface area (Å²) in [5.41, 5.74) is 7.68. The molecule has 0 aliphatic heterocycles. The van der Waals surface area contributed by atoms with Crippen LogP contribution in [-0.4, -0.2) is 37.9 Å². The number of likely N-dealkylation sites (N-methyl/N-ethyl adjacent to an activating group) is 1. The Hall–Kier alpha value is -1.20. The smallest absolute Gasteiger partial charge is 0.126 e. The van der Waals surface area contributed by atoms with Crippen LogP contribution in [0.2, 0.25) is 0 Å². The summed E-state index contributed by atoms with van der Waals surface area (Å²) >= 11 is 1.72. The summed E-state index contributed by atoms with van der Waals surface area (Å²) in [7, 11) is 0. The fraction of sp³-hybridized carbons (Fsp3) is 0.533. The highest BCUT2D eigenvalue weighted by Gasteiger charge is 2.15. The maximum Gasteiger partial charge on any atom is 0.126 e. The van der Waals surface area contributed by atoms with Crippen LogP contribution in [0.3, 0.4) is 0 Å². The predicted octanol–water partition coefficient (Wildman–Crippen LogP) is 2.95. The summed E-state index contributed by atoms with van der Waals surface area (Å²) < 4.78 is 5.43. The van der Waals surface area contributed by atoms with E-state index in [9.17, 15) is 0 Å². The van der Waals surface area contributed by atoms with E-state index in [1.54, 1.807) is 11.8 Å². The Labute approximate surface area is 126 Å². The number of nitrogens with zero attached hydrogens (tertiary/aromatic N) is 1. The molecule has 0 amide bonds. The highest BCUT2D eigenvalue weighted by Crippen LogP contribution is 2.30.